The van der Waals surface area contributed by atoms with E-state index in [9.17, 15) is 0 Å². The summed E-state index contributed by atoms with van der Waals surface area (Å²) in [4.78, 5) is 0. The maximum absolute atomic E-state index is 3.31. The van der Waals surface area contributed by atoms with Crippen LogP contribution in [0.1, 0.15) is 0 Å². The molecule has 8 nitrogen and oxygen atoms in total. The van der Waals surface area contributed by atoms with Crippen LogP contribution in [-0.2, 0) is 0 Å². The van der Waals surface area contributed by atoms with Gasteiger partial charge in [-0.15, -0.1) is 10.2 Å². The van der Waals surface area contributed by atoms with Crippen LogP contribution >= 0.6 is 0 Å². The Balaban J connectivity index is 0.000000167. The van der Waals surface area contributed by atoms with Gasteiger partial charge in [-0.2, -0.15) is 0 Å². The predicted molar refractivity (Wildman–Crippen MR) is 35.5 cm³/mol. The molecule has 0 aliphatic heterocycles. The molecule has 2 N–H and O–H groups in total. The van der Waals surface area contributed by atoms with Crippen molar-refractivity contribution in [1.29, 1.82) is 0 Å². The summed E-state index contributed by atoms with van der Waals surface area (Å²) >= 11 is 0. The molecule has 2 aromatic rings. The van der Waals surface area contributed by atoms with E-state index < -0.39 is 0 Å². The van der Waals surface area contributed by atoms with Crippen LogP contribution in [0.3, 0.4) is 0 Å². The minimum atomic E-state index is 0. The minimum Gasteiger partial charge on any atom is -0.246 e. The maximum Gasteiger partial charge on any atom is 0.135 e. The molecule has 0 fully saturated rings. The van der Waals surface area contributed by atoms with Gasteiger partial charge in [0.2, 0.25) is 0 Å². The van der Waals surface area contributed by atoms with E-state index in [0.29, 0.717) is 0 Å². The summed E-state index contributed by atoms with van der Waals surface area (Å²) in [5.41, 5.74) is 0. The maximum atomic E-state index is 3.31. The normalized spacial score (nSPS) is 7.27. The molecule has 0 saturated carbocycles. The molecule has 2 aromatic heterocycles. The topological polar surface area (TPSA) is 109 Å². The number of rotatable bonds is 0. The molecule has 0 aliphatic rings. The number of tetrazole rings is 2. The first-order valence-corrected chi connectivity index (χ1v) is 2.34. The second-order valence-electron chi connectivity index (χ2n) is 1.13. The summed E-state index contributed by atoms with van der Waals surface area (Å²) in [6, 6.07) is 0. The second kappa shape index (κ2) is 7.88. The van der Waals surface area contributed by atoms with Gasteiger partial charge in [-0.1, -0.05) is 0 Å². The molecule has 0 unspecified atom stereocenters. The number of nitrogens with zero attached hydrogens (tertiary/aromatic N) is 6. The van der Waals surface area contributed by atoms with E-state index in [-0.39, 0.29) is 51.4 Å². The van der Waals surface area contributed by atoms with Gasteiger partial charge in [0.15, 0.2) is 0 Å². The summed E-state index contributed by atoms with van der Waals surface area (Å²) in [7, 11) is 0. The van der Waals surface area contributed by atoms with Gasteiger partial charge < -0.3 is 0 Å². The van der Waals surface area contributed by atoms with E-state index in [1.54, 1.807) is 0 Å². The van der Waals surface area contributed by atoms with E-state index >= 15 is 0 Å². The third-order valence-electron chi connectivity index (χ3n) is 0.539. The van der Waals surface area contributed by atoms with Crippen molar-refractivity contribution in [3.63, 3.8) is 0 Å². The van der Waals surface area contributed by atoms with Gasteiger partial charge in [0.1, 0.15) is 12.7 Å². The smallest absolute Gasteiger partial charge is 0.135 e. The van der Waals surface area contributed by atoms with Gasteiger partial charge in [-0.25, -0.2) is 10.2 Å². The largest absolute Gasteiger partial charge is 0.246 e. The van der Waals surface area contributed by atoms with Gasteiger partial charge >= 0.3 is 51.4 Å². The number of hydrogen-bond acceptors (Lipinski definition) is 6. The van der Waals surface area contributed by atoms with Crippen molar-refractivity contribution in [3.8, 4) is 0 Å². The molecule has 0 amide bonds. The van der Waals surface area contributed by atoms with Crippen molar-refractivity contribution in [2.45, 2.75) is 0 Å². The fraction of sp³-hybridized carbons (Fsp3) is 0. The molecule has 11 heavy (non-hydrogen) atoms. The van der Waals surface area contributed by atoms with Crippen LogP contribution in [0.25, 0.3) is 0 Å². The van der Waals surface area contributed by atoms with Crippen LogP contribution in [0, 0.1) is 0 Å². The zero-order valence-corrected chi connectivity index (χ0v) is 4.84. The third kappa shape index (κ3) is 6.19. The Labute approximate surface area is 104 Å². The van der Waals surface area contributed by atoms with Crippen LogP contribution in [0.2, 0.25) is 0 Å². The molecule has 54 valence electrons. The van der Waals surface area contributed by atoms with Gasteiger partial charge in [0.25, 0.3) is 0 Å². The fourth-order valence-corrected chi connectivity index (χ4v) is 0.258. The van der Waals surface area contributed by atoms with E-state index in [1.807, 2.05) is 0 Å². The Morgan fingerprint density at radius 3 is 1.36 bits per heavy atom. The number of H-pyrrole nitrogens is 2. The summed E-state index contributed by atoms with van der Waals surface area (Å²) in [5.74, 6) is 0. The SMILES string of the molecule is [KH].c1nnn[nH]1.c1nnn[nH]1. The molecule has 2 rings (SSSR count). The number of nitrogens with one attached hydrogen (secondary N) is 2. The molecule has 0 bridgehead atoms. The quantitative estimate of drug-likeness (QED) is 0.443. The van der Waals surface area contributed by atoms with Crippen LogP contribution < -0.4 is 0 Å². The van der Waals surface area contributed by atoms with Crippen molar-refractivity contribution in [2.24, 2.45) is 0 Å². The monoisotopic (exact) mass is 180 g/mol. The van der Waals surface area contributed by atoms with Crippen molar-refractivity contribution in [2.75, 3.05) is 0 Å². The van der Waals surface area contributed by atoms with E-state index in [2.05, 4.69) is 41.2 Å². The van der Waals surface area contributed by atoms with Crippen LogP contribution in [0.15, 0.2) is 12.7 Å². The summed E-state index contributed by atoms with van der Waals surface area (Å²) in [6.07, 6.45) is 2.81. The zero-order valence-electron chi connectivity index (χ0n) is 4.84. The average Bonchev–Trinajstić information content (AvgIpc) is 2.67. The number of aromatic nitrogens is 8. The molecule has 0 saturated heterocycles. The summed E-state index contributed by atoms with van der Waals surface area (Å²) < 4.78 is 0. The predicted octanol–water partition coefficient (Wildman–Crippen LogP) is -2.25. The zero-order chi connectivity index (χ0) is 7.07. The van der Waals surface area contributed by atoms with Crippen LogP contribution in [0.5, 0.6) is 0 Å². The number of aromatic amines is 2. The van der Waals surface area contributed by atoms with Crippen LogP contribution in [0.4, 0.5) is 0 Å². The molecule has 0 atom stereocenters. The Bertz CT molecular complexity index is 151. The van der Waals surface area contributed by atoms with Crippen molar-refractivity contribution < 1.29 is 0 Å². The first-order valence-electron chi connectivity index (χ1n) is 2.34. The molecule has 0 radical (unpaired) electrons. The molecular weight excluding hydrogens is 175 g/mol. The van der Waals surface area contributed by atoms with Crippen molar-refractivity contribution in [1.82, 2.24) is 41.2 Å². The minimum absolute atomic E-state index is 0. The molecular formula is C2H5KN8. The Kier molecular flexibility index (Phi) is 7.72. The van der Waals surface area contributed by atoms with Gasteiger partial charge in [-0.3, -0.25) is 0 Å². The van der Waals surface area contributed by atoms with Gasteiger partial charge in [0, 0.05) is 0 Å². The standard InChI is InChI=1S/2CH2N4.K.H/c2*1-2-4-5-3-1;;/h2*1H,(H,2,3,4,5);;. The van der Waals surface area contributed by atoms with Crippen LogP contribution in [-0.4, -0.2) is 92.6 Å². The first-order chi connectivity index (χ1) is 5.00. The van der Waals surface area contributed by atoms with E-state index in [0.717, 1.165) is 0 Å². The second-order valence-corrected chi connectivity index (χ2v) is 1.13. The van der Waals surface area contributed by atoms with Crippen molar-refractivity contribution in [3.05, 3.63) is 12.7 Å². The molecule has 2 heterocycles. The first kappa shape index (κ1) is 10.8. The average molecular weight is 180 g/mol. The van der Waals surface area contributed by atoms with Gasteiger partial charge in [0.05, 0.1) is 0 Å². The summed E-state index contributed by atoms with van der Waals surface area (Å²) in [5, 5.41) is 24.2. The fourth-order valence-electron chi connectivity index (χ4n) is 0.258. The third-order valence-corrected chi connectivity index (χ3v) is 0.539. The summed E-state index contributed by atoms with van der Waals surface area (Å²) in [6.45, 7) is 0. The molecule has 0 aliphatic carbocycles. The molecule has 0 aromatic carbocycles. The van der Waals surface area contributed by atoms with Gasteiger partial charge in [-0.05, 0) is 20.9 Å². The Morgan fingerprint density at radius 2 is 1.27 bits per heavy atom. The number of hydrogen-bond donors (Lipinski definition) is 2. The van der Waals surface area contributed by atoms with E-state index in [4.69, 9.17) is 0 Å². The molecule has 9 heteroatoms. The van der Waals surface area contributed by atoms with Crippen molar-refractivity contribution >= 4 is 51.4 Å². The Morgan fingerprint density at radius 1 is 0.818 bits per heavy atom. The molecule has 0 spiro atoms. The Hall–Kier alpha value is -0.224. The van der Waals surface area contributed by atoms with E-state index in [1.165, 1.54) is 12.7 Å².